The first kappa shape index (κ1) is 11.1. The lowest BCUT2D eigenvalue weighted by molar-refractivity contribution is 0.199. The Kier molecular flexibility index (Phi) is 3.24. The standard InChI is InChI=1S/C11H18N4O/c1-3-14-4-5-15(8-9(14)2)10-6-11(16)13-12-7-10/h6-7,9H,3-5,8H2,1-2H3,(H,13,16). The van der Waals surface area contributed by atoms with Crippen molar-refractivity contribution in [1.82, 2.24) is 15.1 Å². The van der Waals surface area contributed by atoms with Crippen LogP contribution in [0, 0.1) is 0 Å². The van der Waals surface area contributed by atoms with Gasteiger partial charge in [0.2, 0.25) is 0 Å². The van der Waals surface area contributed by atoms with Gasteiger partial charge in [-0.25, -0.2) is 5.10 Å². The molecule has 0 amide bonds. The third-order valence-corrected chi connectivity index (χ3v) is 3.19. The molecule has 1 aliphatic heterocycles. The highest BCUT2D eigenvalue weighted by Gasteiger charge is 2.22. The van der Waals surface area contributed by atoms with Gasteiger partial charge in [0.1, 0.15) is 0 Å². The summed E-state index contributed by atoms with van der Waals surface area (Å²) in [5.41, 5.74) is 0.787. The maximum absolute atomic E-state index is 11.2. The molecular weight excluding hydrogens is 204 g/mol. The van der Waals surface area contributed by atoms with Crippen molar-refractivity contribution in [3.63, 3.8) is 0 Å². The Hall–Kier alpha value is -1.36. The van der Waals surface area contributed by atoms with Gasteiger partial charge in [-0.15, -0.1) is 0 Å². The second-order valence-corrected chi connectivity index (χ2v) is 4.23. The van der Waals surface area contributed by atoms with Crippen LogP contribution >= 0.6 is 0 Å². The third-order valence-electron chi connectivity index (χ3n) is 3.19. The Morgan fingerprint density at radius 2 is 2.38 bits per heavy atom. The summed E-state index contributed by atoms with van der Waals surface area (Å²) < 4.78 is 0. The zero-order valence-electron chi connectivity index (χ0n) is 9.81. The van der Waals surface area contributed by atoms with E-state index in [9.17, 15) is 4.79 Å². The Balaban J connectivity index is 2.10. The van der Waals surface area contributed by atoms with Crippen molar-refractivity contribution in [1.29, 1.82) is 0 Å². The monoisotopic (exact) mass is 222 g/mol. The normalized spacial score (nSPS) is 22.4. The molecule has 88 valence electrons. The minimum Gasteiger partial charge on any atom is -0.367 e. The van der Waals surface area contributed by atoms with Crippen molar-refractivity contribution in [2.45, 2.75) is 19.9 Å². The smallest absolute Gasteiger partial charge is 0.266 e. The van der Waals surface area contributed by atoms with Gasteiger partial charge in [0.15, 0.2) is 0 Å². The van der Waals surface area contributed by atoms with Gasteiger partial charge in [0.05, 0.1) is 11.9 Å². The summed E-state index contributed by atoms with van der Waals surface area (Å²) >= 11 is 0. The van der Waals surface area contributed by atoms with E-state index >= 15 is 0 Å². The van der Waals surface area contributed by atoms with E-state index in [0.717, 1.165) is 31.9 Å². The van der Waals surface area contributed by atoms with Gasteiger partial charge in [-0.05, 0) is 13.5 Å². The lowest BCUT2D eigenvalue weighted by Crippen LogP contribution is -2.51. The summed E-state index contributed by atoms with van der Waals surface area (Å²) in [5.74, 6) is 0. The molecule has 0 aliphatic carbocycles. The number of nitrogens with zero attached hydrogens (tertiary/aromatic N) is 3. The largest absolute Gasteiger partial charge is 0.367 e. The van der Waals surface area contributed by atoms with Crippen molar-refractivity contribution < 1.29 is 0 Å². The number of rotatable bonds is 2. The van der Waals surface area contributed by atoms with Crippen molar-refractivity contribution in [3.8, 4) is 0 Å². The Morgan fingerprint density at radius 1 is 1.56 bits per heavy atom. The maximum Gasteiger partial charge on any atom is 0.266 e. The number of hydrogen-bond acceptors (Lipinski definition) is 4. The van der Waals surface area contributed by atoms with Gasteiger partial charge in [0.25, 0.3) is 5.56 Å². The second kappa shape index (κ2) is 4.65. The van der Waals surface area contributed by atoms with E-state index < -0.39 is 0 Å². The first-order valence-electron chi connectivity index (χ1n) is 5.74. The maximum atomic E-state index is 11.2. The van der Waals surface area contributed by atoms with Crippen LogP contribution in [0.4, 0.5) is 5.69 Å². The molecule has 1 fully saturated rings. The van der Waals surface area contributed by atoms with Gasteiger partial charge in [-0.3, -0.25) is 9.69 Å². The lowest BCUT2D eigenvalue weighted by Gasteiger charge is -2.40. The van der Waals surface area contributed by atoms with E-state index in [0.29, 0.717) is 6.04 Å². The Morgan fingerprint density at radius 3 is 3.00 bits per heavy atom. The van der Waals surface area contributed by atoms with Gasteiger partial charge >= 0.3 is 0 Å². The van der Waals surface area contributed by atoms with Crippen molar-refractivity contribution in [2.24, 2.45) is 0 Å². The number of nitrogens with one attached hydrogen (secondary N) is 1. The molecular formula is C11H18N4O. The number of anilines is 1. The highest BCUT2D eigenvalue weighted by molar-refractivity contribution is 5.43. The molecule has 0 saturated carbocycles. The van der Waals surface area contributed by atoms with Crippen LogP contribution in [0.5, 0.6) is 0 Å². The SMILES string of the molecule is CCN1CCN(c2cn[nH]c(=O)c2)CC1C. The van der Waals surface area contributed by atoms with Gasteiger partial charge < -0.3 is 4.90 Å². The van der Waals surface area contributed by atoms with Crippen LogP contribution < -0.4 is 10.5 Å². The average molecular weight is 222 g/mol. The third kappa shape index (κ3) is 2.24. The molecule has 1 atom stereocenters. The van der Waals surface area contributed by atoms with E-state index in [-0.39, 0.29) is 5.56 Å². The van der Waals surface area contributed by atoms with E-state index in [2.05, 4.69) is 33.8 Å². The molecule has 1 saturated heterocycles. The van der Waals surface area contributed by atoms with E-state index in [1.807, 2.05) is 0 Å². The minimum atomic E-state index is -0.136. The Bertz CT molecular complexity index is 403. The molecule has 5 heteroatoms. The predicted molar refractivity (Wildman–Crippen MR) is 63.8 cm³/mol. The number of piperazine rings is 1. The van der Waals surface area contributed by atoms with Gasteiger partial charge in [0, 0.05) is 31.7 Å². The summed E-state index contributed by atoms with van der Waals surface area (Å²) in [7, 11) is 0. The van der Waals surface area contributed by atoms with Crippen LogP contribution in [-0.4, -0.2) is 47.3 Å². The summed E-state index contributed by atoms with van der Waals surface area (Å²) in [6.07, 6.45) is 1.72. The molecule has 1 aromatic heterocycles. The fraction of sp³-hybridized carbons (Fsp3) is 0.636. The lowest BCUT2D eigenvalue weighted by atomic mass is 10.2. The molecule has 1 aliphatic rings. The summed E-state index contributed by atoms with van der Waals surface area (Å²) in [4.78, 5) is 15.8. The highest BCUT2D eigenvalue weighted by Crippen LogP contribution is 2.15. The number of aromatic amines is 1. The van der Waals surface area contributed by atoms with Crippen molar-refractivity contribution in [3.05, 3.63) is 22.6 Å². The van der Waals surface area contributed by atoms with Crippen LogP contribution in [0.2, 0.25) is 0 Å². The molecule has 0 bridgehead atoms. The van der Waals surface area contributed by atoms with E-state index in [4.69, 9.17) is 0 Å². The van der Waals surface area contributed by atoms with Crippen LogP contribution in [-0.2, 0) is 0 Å². The molecule has 1 N–H and O–H groups in total. The molecule has 16 heavy (non-hydrogen) atoms. The highest BCUT2D eigenvalue weighted by atomic mass is 16.1. The summed E-state index contributed by atoms with van der Waals surface area (Å²) in [5, 5.41) is 6.23. The van der Waals surface area contributed by atoms with Crippen molar-refractivity contribution >= 4 is 5.69 Å². The van der Waals surface area contributed by atoms with Gasteiger partial charge in [-0.1, -0.05) is 6.92 Å². The number of hydrogen-bond donors (Lipinski definition) is 1. The average Bonchev–Trinajstić information content (AvgIpc) is 2.29. The number of likely N-dealkylation sites (N-methyl/N-ethyl adjacent to an activating group) is 1. The molecule has 0 spiro atoms. The van der Waals surface area contributed by atoms with E-state index in [1.54, 1.807) is 12.3 Å². The first-order valence-corrected chi connectivity index (χ1v) is 5.74. The van der Waals surface area contributed by atoms with E-state index in [1.165, 1.54) is 0 Å². The first-order chi connectivity index (χ1) is 7.70. The van der Waals surface area contributed by atoms with Crippen LogP contribution in [0.15, 0.2) is 17.1 Å². The fourth-order valence-electron chi connectivity index (χ4n) is 2.24. The Labute approximate surface area is 95.1 Å². The topological polar surface area (TPSA) is 52.2 Å². The summed E-state index contributed by atoms with van der Waals surface area (Å²) in [6, 6.07) is 2.14. The zero-order valence-corrected chi connectivity index (χ0v) is 9.81. The van der Waals surface area contributed by atoms with Crippen LogP contribution in [0.3, 0.4) is 0 Å². The molecule has 5 nitrogen and oxygen atoms in total. The molecule has 2 rings (SSSR count). The number of H-pyrrole nitrogens is 1. The fourth-order valence-corrected chi connectivity index (χ4v) is 2.24. The van der Waals surface area contributed by atoms with Crippen LogP contribution in [0.1, 0.15) is 13.8 Å². The zero-order chi connectivity index (χ0) is 11.5. The minimum absolute atomic E-state index is 0.136. The predicted octanol–water partition coefficient (Wildman–Crippen LogP) is 0.300. The molecule has 2 heterocycles. The second-order valence-electron chi connectivity index (χ2n) is 4.23. The molecule has 1 aromatic rings. The quantitative estimate of drug-likeness (QED) is 0.782. The van der Waals surface area contributed by atoms with Crippen molar-refractivity contribution in [2.75, 3.05) is 31.1 Å². The number of aromatic nitrogens is 2. The van der Waals surface area contributed by atoms with Crippen LogP contribution in [0.25, 0.3) is 0 Å². The molecule has 0 aromatic carbocycles. The molecule has 1 unspecified atom stereocenters. The molecule has 0 radical (unpaired) electrons. The summed E-state index contributed by atoms with van der Waals surface area (Å²) in [6.45, 7) is 8.45. The van der Waals surface area contributed by atoms with Gasteiger partial charge in [-0.2, -0.15) is 5.10 Å².